The van der Waals surface area contributed by atoms with Crippen LogP contribution in [0.4, 0.5) is 16.4 Å². The van der Waals surface area contributed by atoms with Crippen LogP contribution in [0.5, 0.6) is 5.88 Å². The van der Waals surface area contributed by atoms with E-state index >= 15 is 0 Å². The molecular weight excluding hydrogens is 374 g/mol. The third-order valence-corrected chi connectivity index (χ3v) is 5.41. The van der Waals surface area contributed by atoms with E-state index in [1.165, 1.54) is 11.3 Å². The maximum Gasteiger partial charge on any atom is 0.326 e. The minimum Gasteiger partial charge on any atom is -0.474 e. The Morgan fingerprint density at radius 3 is 2.64 bits per heavy atom. The lowest BCUT2D eigenvalue weighted by molar-refractivity contribution is 0.110. The predicted molar refractivity (Wildman–Crippen MR) is 111 cm³/mol. The van der Waals surface area contributed by atoms with E-state index in [-0.39, 0.29) is 6.10 Å². The van der Waals surface area contributed by atoms with Gasteiger partial charge >= 0.3 is 6.03 Å². The van der Waals surface area contributed by atoms with E-state index in [2.05, 4.69) is 25.9 Å². The Balaban J connectivity index is 1.35. The highest BCUT2D eigenvalue weighted by molar-refractivity contribution is 7.13. The number of amides is 2. The number of nitrogens with zero attached hydrogens (tertiary/aromatic N) is 2. The maximum atomic E-state index is 12.3. The lowest BCUT2D eigenvalue weighted by Crippen LogP contribution is -2.49. The molecule has 1 aliphatic heterocycles. The van der Waals surface area contributed by atoms with Crippen LogP contribution < -0.4 is 20.7 Å². The van der Waals surface area contributed by atoms with Gasteiger partial charge in [0, 0.05) is 36.0 Å². The molecule has 2 amide bonds. The van der Waals surface area contributed by atoms with Crippen LogP contribution in [0.1, 0.15) is 6.92 Å². The summed E-state index contributed by atoms with van der Waals surface area (Å²) in [5, 5.41) is 11.3. The first-order valence-electron chi connectivity index (χ1n) is 9.11. The van der Waals surface area contributed by atoms with E-state index in [4.69, 9.17) is 4.74 Å². The summed E-state index contributed by atoms with van der Waals surface area (Å²) >= 11 is 1.48. The van der Waals surface area contributed by atoms with Gasteiger partial charge in [0.05, 0.1) is 0 Å². The molecule has 0 saturated carbocycles. The zero-order valence-corrected chi connectivity index (χ0v) is 16.2. The number of urea groups is 1. The average molecular weight is 395 g/mol. The van der Waals surface area contributed by atoms with E-state index < -0.39 is 6.03 Å². The number of benzene rings is 1. The number of hydrogen-bond acceptors (Lipinski definition) is 6. The van der Waals surface area contributed by atoms with Crippen molar-refractivity contribution < 1.29 is 9.53 Å². The molecule has 3 aromatic rings. The highest BCUT2D eigenvalue weighted by Gasteiger charge is 2.25. The van der Waals surface area contributed by atoms with Crippen LogP contribution in [0.2, 0.25) is 0 Å². The van der Waals surface area contributed by atoms with Crippen LogP contribution in [0.15, 0.2) is 53.9 Å². The number of nitrogens with one attached hydrogen (secondary N) is 3. The smallest absolute Gasteiger partial charge is 0.326 e. The first-order valence-corrected chi connectivity index (χ1v) is 9.99. The van der Waals surface area contributed by atoms with Gasteiger partial charge in [0.2, 0.25) is 5.88 Å². The minimum atomic E-state index is -0.397. The van der Waals surface area contributed by atoms with E-state index in [0.29, 0.717) is 23.4 Å². The van der Waals surface area contributed by atoms with Gasteiger partial charge in [-0.2, -0.15) is 4.98 Å². The van der Waals surface area contributed by atoms with Crippen LogP contribution in [-0.4, -0.2) is 35.2 Å². The molecule has 1 aliphatic rings. The summed E-state index contributed by atoms with van der Waals surface area (Å²) in [5.41, 5.74) is 1.02. The molecule has 3 heterocycles. The van der Waals surface area contributed by atoms with Gasteiger partial charge in [0.15, 0.2) is 0 Å². The molecule has 4 rings (SSSR count). The summed E-state index contributed by atoms with van der Waals surface area (Å²) in [7, 11) is 0. The van der Waals surface area contributed by atoms with Gasteiger partial charge in [-0.1, -0.05) is 36.4 Å². The second kappa shape index (κ2) is 8.37. The molecule has 1 saturated heterocycles. The highest BCUT2D eigenvalue weighted by Crippen LogP contribution is 2.25. The van der Waals surface area contributed by atoms with Gasteiger partial charge in [-0.3, -0.25) is 10.6 Å². The molecule has 0 radical (unpaired) electrons. The zero-order chi connectivity index (χ0) is 19.3. The number of rotatable bonds is 6. The molecule has 1 unspecified atom stereocenters. The molecular formula is C20H21N5O2S. The van der Waals surface area contributed by atoms with Gasteiger partial charge in [-0.05, 0) is 13.0 Å². The highest BCUT2D eigenvalue weighted by atomic mass is 32.1. The standard InChI is InChI=1S/C20H21N5O2S/c1-13(15-10-21-11-15)27-18-9-5-8-16(22-18)24-20(26)25-17-12-28-19(23-17)14-6-3-2-4-7-14/h2-9,12-13,15,21H,10-11H2,1H3,(H2,22,24,25,26). The van der Waals surface area contributed by atoms with Crippen LogP contribution in [-0.2, 0) is 0 Å². The number of pyridine rings is 1. The molecule has 0 spiro atoms. The van der Waals surface area contributed by atoms with Gasteiger partial charge in [-0.25, -0.2) is 9.78 Å². The van der Waals surface area contributed by atoms with Crippen molar-refractivity contribution in [1.82, 2.24) is 15.3 Å². The number of carbonyl (C=O) groups is 1. The third kappa shape index (κ3) is 4.47. The van der Waals surface area contributed by atoms with E-state index in [1.54, 1.807) is 18.2 Å². The molecule has 2 aromatic heterocycles. The lowest BCUT2D eigenvalue weighted by atomic mass is 9.98. The normalized spacial score (nSPS) is 14.8. The molecule has 28 heavy (non-hydrogen) atoms. The van der Waals surface area contributed by atoms with Gasteiger partial charge in [-0.15, -0.1) is 11.3 Å². The number of carbonyl (C=O) groups excluding carboxylic acids is 1. The van der Waals surface area contributed by atoms with Crippen LogP contribution >= 0.6 is 11.3 Å². The van der Waals surface area contributed by atoms with Crippen molar-refractivity contribution in [3.05, 3.63) is 53.9 Å². The number of anilines is 2. The summed E-state index contributed by atoms with van der Waals surface area (Å²) in [4.78, 5) is 21.1. The number of ether oxygens (including phenoxy) is 1. The Hall–Kier alpha value is -2.97. The van der Waals surface area contributed by atoms with Crippen molar-refractivity contribution in [1.29, 1.82) is 0 Å². The second-order valence-corrected chi connectivity index (χ2v) is 7.44. The number of hydrogen-bond donors (Lipinski definition) is 3. The SMILES string of the molecule is CC(Oc1cccc(NC(=O)Nc2csc(-c3ccccc3)n2)n1)C1CNC1. The molecule has 7 nitrogen and oxygen atoms in total. The van der Waals surface area contributed by atoms with Gasteiger partial charge in [0.25, 0.3) is 0 Å². The Labute approximate surface area is 167 Å². The number of thiazole rings is 1. The molecule has 1 fully saturated rings. The van der Waals surface area contributed by atoms with Crippen molar-refractivity contribution in [3.8, 4) is 16.5 Å². The van der Waals surface area contributed by atoms with Crippen molar-refractivity contribution in [2.24, 2.45) is 5.92 Å². The van der Waals surface area contributed by atoms with Crippen LogP contribution in [0.3, 0.4) is 0 Å². The third-order valence-electron chi connectivity index (χ3n) is 4.52. The summed E-state index contributed by atoms with van der Waals surface area (Å²) in [6, 6.07) is 14.8. The molecule has 3 N–H and O–H groups in total. The van der Waals surface area contributed by atoms with E-state index in [0.717, 1.165) is 23.7 Å². The quantitative estimate of drug-likeness (QED) is 0.590. The fraction of sp³-hybridized carbons (Fsp3) is 0.250. The summed E-state index contributed by atoms with van der Waals surface area (Å²) < 4.78 is 5.88. The van der Waals surface area contributed by atoms with Crippen LogP contribution in [0.25, 0.3) is 10.6 Å². The molecule has 0 aliphatic carbocycles. The van der Waals surface area contributed by atoms with Gasteiger partial charge in [0.1, 0.15) is 22.7 Å². The molecule has 8 heteroatoms. The van der Waals surface area contributed by atoms with E-state index in [1.807, 2.05) is 42.6 Å². The molecule has 0 bridgehead atoms. The van der Waals surface area contributed by atoms with Gasteiger partial charge < -0.3 is 10.1 Å². The minimum absolute atomic E-state index is 0.0734. The predicted octanol–water partition coefficient (Wildman–Crippen LogP) is 3.84. The maximum absolute atomic E-state index is 12.3. The first kappa shape index (κ1) is 18.4. The first-order chi connectivity index (χ1) is 13.7. The van der Waals surface area contributed by atoms with Crippen molar-refractivity contribution in [2.45, 2.75) is 13.0 Å². The van der Waals surface area contributed by atoms with Crippen molar-refractivity contribution in [2.75, 3.05) is 23.7 Å². The van der Waals surface area contributed by atoms with Crippen molar-refractivity contribution in [3.63, 3.8) is 0 Å². The average Bonchev–Trinajstić information content (AvgIpc) is 3.09. The molecule has 144 valence electrons. The molecule has 1 atom stereocenters. The van der Waals surface area contributed by atoms with Crippen molar-refractivity contribution >= 4 is 29.0 Å². The molecule has 1 aromatic carbocycles. The summed E-state index contributed by atoms with van der Waals surface area (Å²) in [6.45, 7) is 3.95. The Morgan fingerprint density at radius 2 is 1.89 bits per heavy atom. The topological polar surface area (TPSA) is 88.2 Å². The largest absolute Gasteiger partial charge is 0.474 e. The monoisotopic (exact) mass is 395 g/mol. The van der Waals surface area contributed by atoms with E-state index in [9.17, 15) is 4.79 Å². The number of aromatic nitrogens is 2. The summed E-state index contributed by atoms with van der Waals surface area (Å²) in [5.74, 6) is 1.91. The fourth-order valence-electron chi connectivity index (χ4n) is 2.79. The fourth-order valence-corrected chi connectivity index (χ4v) is 3.55. The van der Waals surface area contributed by atoms with Crippen LogP contribution in [0, 0.1) is 5.92 Å². The Morgan fingerprint density at radius 1 is 1.11 bits per heavy atom. The summed E-state index contributed by atoms with van der Waals surface area (Å²) in [6.07, 6.45) is 0.0734. The Bertz CT molecular complexity index is 943. The lowest BCUT2D eigenvalue weighted by Gasteiger charge is -2.32. The zero-order valence-electron chi connectivity index (χ0n) is 15.4. The second-order valence-electron chi connectivity index (χ2n) is 6.59. The Kier molecular flexibility index (Phi) is 5.50.